The molecular weight excluding hydrogens is 436 g/mol. The number of hydrazone groups is 1. The van der Waals surface area contributed by atoms with Crippen LogP contribution >= 0.6 is 15.9 Å². The maximum Gasteiger partial charge on any atom is 0.292 e. The zero-order valence-electron chi connectivity index (χ0n) is 15.7. The number of carbonyl (C=O) groups excluding carboxylic acids is 1. The largest absolute Gasteiger partial charge is 0.503 e. The number of halogens is 1. The van der Waals surface area contributed by atoms with Crippen LogP contribution in [0, 0.1) is 0 Å². The van der Waals surface area contributed by atoms with Gasteiger partial charge in [-0.3, -0.25) is 4.79 Å². The second-order valence-electron chi connectivity index (χ2n) is 6.59. The summed E-state index contributed by atoms with van der Waals surface area (Å²) in [7, 11) is 1.47. The Morgan fingerprint density at radius 1 is 1.28 bits per heavy atom. The minimum absolute atomic E-state index is 0.0257. The number of para-hydroxylation sites is 1. The van der Waals surface area contributed by atoms with Gasteiger partial charge in [0.05, 0.1) is 23.5 Å². The molecule has 0 radical (unpaired) electrons. The molecule has 3 aromatic rings. The van der Waals surface area contributed by atoms with E-state index >= 15 is 0 Å². The minimum Gasteiger partial charge on any atom is -0.503 e. The lowest BCUT2D eigenvalue weighted by molar-refractivity contribution is 0.0949. The second kappa shape index (κ2) is 8.08. The molecule has 0 atom stereocenters. The number of nitrogens with one attached hydrogen (secondary N) is 1. The number of hydrogen-bond acceptors (Lipinski definition) is 5. The molecule has 4 rings (SSSR count). The first-order chi connectivity index (χ1) is 14.1. The molecule has 1 aromatic heterocycles. The van der Waals surface area contributed by atoms with Gasteiger partial charge in [-0.15, -0.1) is 0 Å². The van der Waals surface area contributed by atoms with Gasteiger partial charge in [-0.2, -0.15) is 10.2 Å². The van der Waals surface area contributed by atoms with Crippen molar-refractivity contribution in [2.24, 2.45) is 5.10 Å². The predicted molar refractivity (Wildman–Crippen MR) is 113 cm³/mol. The molecule has 2 N–H and O–H groups in total. The van der Waals surface area contributed by atoms with Crippen molar-refractivity contribution in [3.8, 4) is 17.2 Å². The Hall–Kier alpha value is -3.13. The number of phenolic OH excluding ortho intramolecular Hbond substituents is 1. The van der Waals surface area contributed by atoms with Gasteiger partial charge in [0.1, 0.15) is 0 Å². The fourth-order valence-electron chi connectivity index (χ4n) is 3.44. The molecule has 1 heterocycles. The molecule has 0 fully saturated rings. The third-order valence-electron chi connectivity index (χ3n) is 4.84. The number of phenols is 1. The van der Waals surface area contributed by atoms with E-state index in [2.05, 4.69) is 31.6 Å². The summed E-state index contributed by atoms with van der Waals surface area (Å²) < 4.78 is 7.34. The van der Waals surface area contributed by atoms with E-state index in [0.717, 1.165) is 36.2 Å². The van der Waals surface area contributed by atoms with Gasteiger partial charge in [0.25, 0.3) is 5.91 Å². The van der Waals surface area contributed by atoms with E-state index in [1.54, 1.807) is 12.1 Å². The highest BCUT2D eigenvalue weighted by Gasteiger charge is 2.26. The lowest BCUT2D eigenvalue weighted by atomic mass is 10.2. The maximum atomic E-state index is 12.7. The molecule has 1 aliphatic carbocycles. The smallest absolute Gasteiger partial charge is 0.292 e. The molecule has 0 aliphatic heterocycles. The molecule has 0 unspecified atom stereocenters. The summed E-state index contributed by atoms with van der Waals surface area (Å²) in [6.07, 6.45) is 4.18. The average Bonchev–Trinajstić information content (AvgIpc) is 3.34. The summed E-state index contributed by atoms with van der Waals surface area (Å²) in [5, 5.41) is 18.6. The molecule has 1 aliphatic rings. The van der Waals surface area contributed by atoms with Crippen molar-refractivity contribution in [2.75, 3.05) is 7.11 Å². The number of aromatic nitrogens is 2. The van der Waals surface area contributed by atoms with Gasteiger partial charge in [0.2, 0.25) is 0 Å². The molecule has 1 amide bonds. The zero-order valence-corrected chi connectivity index (χ0v) is 17.3. The van der Waals surface area contributed by atoms with Gasteiger partial charge in [-0.25, -0.2) is 10.1 Å². The highest BCUT2D eigenvalue weighted by atomic mass is 79.9. The van der Waals surface area contributed by atoms with E-state index in [4.69, 9.17) is 4.74 Å². The molecule has 2 aromatic carbocycles. The van der Waals surface area contributed by atoms with E-state index in [1.165, 1.54) is 13.3 Å². The molecular formula is C21H19BrN4O3. The third kappa shape index (κ3) is 3.63. The Bertz CT molecular complexity index is 1090. The van der Waals surface area contributed by atoms with E-state index in [0.29, 0.717) is 21.5 Å². The standard InChI is InChI=1S/C21H19BrN4O3/c1-29-17-11-10-13(18(22)20(17)27)12-23-24-21(28)19-15-8-5-9-16(15)26(25-19)14-6-3-2-4-7-14/h2-4,6-7,10-12,27H,5,8-9H2,1H3,(H,24,28)/b23-12+. The minimum atomic E-state index is -0.358. The van der Waals surface area contributed by atoms with Crippen LogP contribution in [0.5, 0.6) is 11.5 Å². The fraction of sp³-hybridized carbons (Fsp3) is 0.190. The Balaban J connectivity index is 1.56. The topological polar surface area (TPSA) is 88.7 Å². The quantitative estimate of drug-likeness (QED) is 0.455. The van der Waals surface area contributed by atoms with Crippen LogP contribution in [0.4, 0.5) is 0 Å². The SMILES string of the molecule is COc1ccc(/C=N/NC(=O)c2nn(-c3ccccc3)c3c2CCC3)c(Br)c1O. The third-order valence-corrected chi connectivity index (χ3v) is 5.68. The fourth-order valence-corrected chi connectivity index (χ4v) is 3.87. The Labute approximate surface area is 176 Å². The van der Waals surface area contributed by atoms with Gasteiger partial charge in [0, 0.05) is 16.8 Å². The second-order valence-corrected chi connectivity index (χ2v) is 7.39. The van der Waals surface area contributed by atoms with E-state index in [9.17, 15) is 9.90 Å². The van der Waals surface area contributed by atoms with Crippen molar-refractivity contribution >= 4 is 28.1 Å². The number of amides is 1. The Kier molecular flexibility index (Phi) is 5.35. The number of fused-ring (bicyclic) bond motifs is 1. The van der Waals surface area contributed by atoms with Crippen LogP contribution in [0.3, 0.4) is 0 Å². The lowest BCUT2D eigenvalue weighted by Gasteiger charge is -2.06. The summed E-state index contributed by atoms with van der Waals surface area (Å²) in [6, 6.07) is 13.1. The summed E-state index contributed by atoms with van der Waals surface area (Å²) in [5.41, 5.74) is 6.53. The Morgan fingerprint density at radius 3 is 2.83 bits per heavy atom. The number of carbonyl (C=O) groups is 1. The lowest BCUT2D eigenvalue weighted by Crippen LogP contribution is -2.20. The highest BCUT2D eigenvalue weighted by molar-refractivity contribution is 9.10. The number of ether oxygens (including phenoxy) is 1. The van der Waals surface area contributed by atoms with Crippen LogP contribution < -0.4 is 10.2 Å². The zero-order chi connectivity index (χ0) is 20.4. The first kappa shape index (κ1) is 19.2. The van der Waals surface area contributed by atoms with E-state index < -0.39 is 0 Å². The van der Waals surface area contributed by atoms with Crippen molar-refractivity contribution in [3.05, 3.63) is 69.5 Å². The molecule has 148 valence electrons. The van der Waals surface area contributed by atoms with Gasteiger partial charge < -0.3 is 9.84 Å². The number of benzene rings is 2. The van der Waals surface area contributed by atoms with E-state index in [-0.39, 0.29) is 11.7 Å². The first-order valence-electron chi connectivity index (χ1n) is 9.15. The van der Waals surface area contributed by atoms with Crippen molar-refractivity contribution < 1.29 is 14.6 Å². The van der Waals surface area contributed by atoms with E-state index in [1.807, 2.05) is 35.0 Å². The van der Waals surface area contributed by atoms with Gasteiger partial charge in [-0.1, -0.05) is 18.2 Å². The first-order valence-corrected chi connectivity index (χ1v) is 9.94. The molecule has 8 heteroatoms. The summed E-state index contributed by atoms with van der Waals surface area (Å²) in [5.74, 6) is -0.0368. The molecule has 7 nitrogen and oxygen atoms in total. The van der Waals surface area contributed by atoms with Crippen molar-refractivity contribution in [1.82, 2.24) is 15.2 Å². The van der Waals surface area contributed by atoms with Crippen LogP contribution in [-0.2, 0) is 12.8 Å². The number of aromatic hydroxyl groups is 1. The van der Waals surface area contributed by atoms with Crippen molar-refractivity contribution in [2.45, 2.75) is 19.3 Å². The number of hydrogen-bond donors (Lipinski definition) is 2. The van der Waals surface area contributed by atoms with Crippen LogP contribution in [0.2, 0.25) is 0 Å². The molecule has 29 heavy (non-hydrogen) atoms. The van der Waals surface area contributed by atoms with Crippen LogP contribution in [0.1, 0.15) is 33.7 Å². The molecule has 0 saturated heterocycles. The summed E-state index contributed by atoms with van der Waals surface area (Å²) in [4.78, 5) is 12.7. The van der Waals surface area contributed by atoms with Crippen LogP contribution in [0.25, 0.3) is 5.69 Å². The number of nitrogens with zero attached hydrogens (tertiary/aromatic N) is 3. The molecule has 0 spiro atoms. The van der Waals surface area contributed by atoms with Gasteiger partial charge in [0.15, 0.2) is 17.2 Å². The van der Waals surface area contributed by atoms with Gasteiger partial charge >= 0.3 is 0 Å². The van der Waals surface area contributed by atoms with Crippen LogP contribution in [-0.4, -0.2) is 34.1 Å². The Morgan fingerprint density at radius 2 is 2.07 bits per heavy atom. The highest BCUT2D eigenvalue weighted by Crippen LogP contribution is 2.35. The predicted octanol–water partition coefficient (Wildman–Crippen LogP) is 3.60. The number of methoxy groups -OCH3 is 1. The summed E-state index contributed by atoms with van der Waals surface area (Å²) >= 11 is 3.30. The monoisotopic (exact) mass is 454 g/mol. The van der Waals surface area contributed by atoms with Crippen LogP contribution in [0.15, 0.2) is 52.0 Å². The summed E-state index contributed by atoms with van der Waals surface area (Å²) in [6.45, 7) is 0. The van der Waals surface area contributed by atoms with Crippen molar-refractivity contribution in [1.29, 1.82) is 0 Å². The molecule has 0 bridgehead atoms. The van der Waals surface area contributed by atoms with Crippen molar-refractivity contribution in [3.63, 3.8) is 0 Å². The maximum absolute atomic E-state index is 12.7. The molecule has 0 saturated carbocycles. The number of rotatable bonds is 5. The normalized spacial score (nSPS) is 12.9. The average molecular weight is 455 g/mol. The van der Waals surface area contributed by atoms with Gasteiger partial charge in [-0.05, 0) is 59.5 Å².